The second-order valence-electron chi connectivity index (χ2n) is 3.88. The largest absolute Gasteiger partial charge is 0.452 e. The summed E-state index contributed by atoms with van der Waals surface area (Å²) in [6, 6.07) is 9.49. The lowest BCUT2D eigenvalue weighted by Crippen LogP contribution is -2.35. The van der Waals surface area contributed by atoms with Gasteiger partial charge in [-0.15, -0.1) is 11.8 Å². The number of amides is 1. The van der Waals surface area contributed by atoms with E-state index in [0.717, 1.165) is 16.3 Å². The first-order chi connectivity index (χ1) is 8.77. The molecule has 2 aromatic rings. The Labute approximate surface area is 114 Å². The van der Waals surface area contributed by atoms with Gasteiger partial charge < -0.3 is 9.32 Å². The van der Waals surface area contributed by atoms with Gasteiger partial charge >= 0.3 is 0 Å². The van der Waals surface area contributed by atoms with Crippen LogP contribution in [0.1, 0.15) is 10.4 Å². The van der Waals surface area contributed by atoms with Crippen LogP contribution in [-0.4, -0.2) is 18.2 Å². The van der Waals surface area contributed by atoms with Crippen LogP contribution < -0.4 is 4.90 Å². The van der Waals surface area contributed by atoms with E-state index in [-0.39, 0.29) is 11.1 Å². The van der Waals surface area contributed by atoms with Crippen LogP contribution >= 0.6 is 23.4 Å². The maximum Gasteiger partial charge on any atom is 0.263 e. The summed E-state index contributed by atoms with van der Waals surface area (Å²) in [6.45, 7) is 0.683. The summed E-state index contributed by atoms with van der Waals surface area (Å²) in [4.78, 5) is 15.3. The molecule has 3 nitrogen and oxygen atoms in total. The molecule has 2 heterocycles. The number of nitrogens with zero attached hydrogens (tertiary/aromatic N) is 1. The van der Waals surface area contributed by atoms with E-state index in [1.165, 1.54) is 6.26 Å². The van der Waals surface area contributed by atoms with Gasteiger partial charge in [-0.2, -0.15) is 0 Å². The molecule has 18 heavy (non-hydrogen) atoms. The lowest BCUT2D eigenvalue weighted by atomic mass is 10.2. The highest BCUT2D eigenvalue weighted by atomic mass is 35.5. The first kappa shape index (κ1) is 11.7. The molecule has 92 valence electrons. The molecule has 0 bridgehead atoms. The van der Waals surface area contributed by atoms with Crippen molar-refractivity contribution in [3.8, 4) is 0 Å². The molecule has 0 saturated heterocycles. The number of hydrogen-bond donors (Lipinski definition) is 0. The topological polar surface area (TPSA) is 33.5 Å². The van der Waals surface area contributed by atoms with E-state index in [1.807, 2.05) is 24.3 Å². The highest BCUT2D eigenvalue weighted by Gasteiger charge is 2.26. The maximum atomic E-state index is 12.4. The van der Waals surface area contributed by atoms with E-state index in [0.29, 0.717) is 12.1 Å². The quantitative estimate of drug-likeness (QED) is 0.798. The van der Waals surface area contributed by atoms with Crippen LogP contribution in [0.15, 0.2) is 45.9 Å². The Morgan fingerprint density at radius 3 is 2.94 bits per heavy atom. The van der Waals surface area contributed by atoms with Crippen molar-refractivity contribution in [1.82, 2.24) is 0 Å². The number of para-hydroxylation sites is 1. The van der Waals surface area contributed by atoms with Crippen molar-refractivity contribution >= 4 is 35.0 Å². The third-order valence-corrected chi connectivity index (χ3v) is 4.16. The number of rotatable bonds is 1. The van der Waals surface area contributed by atoms with Crippen molar-refractivity contribution < 1.29 is 9.21 Å². The van der Waals surface area contributed by atoms with Crippen LogP contribution in [-0.2, 0) is 0 Å². The Bertz CT molecular complexity index is 596. The molecular weight excluding hydrogens is 270 g/mol. The first-order valence-electron chi connectivity index (χ1n) is 5.54. The van der Waals surface area contributed by atoms with Crippen LogP contribution in [0.2, 0.25) is 5.22 Å². The van der Waals surface area contributed by atoms with E-state index in [1.54, 1.807) is 22.7 Å². The predicted octanol–water partition coefficient (Wildman–Crippen LogP) is 3.69. The molecule has 1 aromatic carbocycles. The fourth-order valence-electron chi connectivity index (χ4n) is 1.97. The van der Waals surface area contributed by atoms with E-state index in [9.17, 15) is 4.79 Å². The Hall–Kier alpha value is -1.39. The monoisotopic (exact) mass is 279 g/mol. The van der Waals surface area contributed by atoms with Crippen LogP contribution in [0.5, 0.6) is 0 Å². The van der Waals surface area contributed by atoms with Crippen LogP contribution in [0.4, 0.5) is 5.69 Å². The lowest BCUT2D eigenvalue weighted by Gasteiger charge is -2.28. The summed E-state index contributed by atoms with van der Waals surface area (Å²) >= 11 is 7.62. The SMILES string of the molecule is O=C(c1ccoc1Cl)N1CCSc2ccccc21. The van der Waals surface area contributed by atoms with Crippen LogP contribution in [0.3, 0.4) is 0 Å². The predicted molar refractivity (Wildman–Crippen MR) is 72.6 cm³/mol. The van der Waals surface area contributed by atoms with Gasteiger partial charge in [-0.05, 0) is 29.8 Å². The molecule has 1 aliphatic heterocycles. The van der Waals surface area contributed by atoms with Gasteiger partial charge in [0.1, 0.15) is 0 Å². The van der Waals surface area contributed by atoms with Gasteiger partial charge in [0.15, 0.2) is 0 Å². The molecule has 0 atom stereocenters. The van der Waals surface area contributed by atoms with E-state index in [4.69, 9.17) is 16.0 Å². The fraction of sp³-hybridized carbons (Fsp3) is 0.154. The normalized spacial score (nSPS) is 14.4. The zero-order valence-electron chi connectivity index (χ0n) is 9.43. The van der Waals surface area contributed by atoms with E-state index in [2.05, 4.69) is 0 Å². The second-order valence-corrected chi connectivity index (χ2v) is 5.36. The van der Waals surface area contributed by atoms with Crippen molar-refractivity contribution in [2.75, 3.05) is 17.2 Å². The molecule has 1 amide bonds. The molecule has 0 N–H and O–H groups in total. The Balaban J connectivity index is 2.00. The van der Waals surface area contributed by atoms with Crippen LogP contribution in [0.25, 0.3) is 0 Å². The zero-order chi connectivity index (χ0) is 12.5. The van der Waals surface area contributed by atoms with Crippen LogP contribution in [0, 0.1) is 0 Å². The Kier molecular flexibility index (Phi) is 3.06. The molecule has 0 spiro atoms. The molecular formula is C13H10ClNO2S. The second kappa shape index (κ2) is 4.71. The van der Waals surface area contributed by atoms with Gasteiger partial charge in [0, 0.05) is 17.2 Å². The average Bonchev–Trinajstić information content (AvgIpc) is 2.83. The van der Waals surface area contributed by atoms with Gasteiger partial charge in [-0.25, -0.2) is 0 Å². The third-order valence-electron chi connectivity index (χ3n) is 2.82. The molecule has 3 rings (SSSR count). The number of furan rings is 1. The van der Waals surface area contributed by atoms with Crippen molar-refractivity contribution in [2.45, 2.75) is 4.90 Å². The summed E-state index contributed by atoms with van der Waals surface area (Å²) in [5.74, 6) is 0.777. The third kappa shape index (κ3) is 1.91. The van der Waals surface area contributed by atoms with Gasteiger partial charge in [-0.1, -0.05) is 12.1 Å². The number of thioether (sulfide) groups is 1. The molecule has 0 unspecified atom stereocenters. The summed E-state index contributed by atoms with van der Waals surface area (Å²) in [6.07, 6.45) is 1.43. The van der Waals surface area contributed by atoms with Crippen molar-refractivity contribution in [2.24, 2.45) is 0 Å². The molecule has 5 heteroatoms. The van der Waals surface area contributed by atoms with E-state index < -0.39 is 0 Å². The Morgan fingerprint density at radius 1 is 1.33 bits per heavy atom. The Morgan fingerprint density at radius 2 is 2.17 bits per heavy atom. The molecule has 0 radical (unpaired) electrons. The molecule has 0 saturated carbocycles. The number of anilines is 1. The minimum absolute atomic E-state index is 0.110. The molecule has 0 aliphatic carbocycles. The van der Waals surface area contributed by atoms with Gasteiger partial charge in [-0.3, -0.25) is 4.79 Å². The number of hydrogen-bond acceptors (Lipinski definition) is 3. The lowest BCUT2D eigenvalue weighted by molar-refractivity contribution is 0.0987. The molecule has 1 aromatic heterocycles. The maximum absolute atomic E-state index is 12.4. The smallest absolute Gasteiger partial charge is 0.263 e. The summed E-state index contributed by atoms with van der Waals surface area (Å²) in [7, 11) is 0. The van der Waals surface area contributed by atoms with Gasteiger partial charge in [0.25, 0.3) is 5.91 Å². The van der Waals surface area contributed by atoms with E-state index >= 15 is 0 Å². The summed E-state index contributed by atoms with van der Waals surface area (Å²) in [5, 5.41) is 0.149. The zero-order valence-corrected chi connectivity index (χ0v) is 11.0. The average molecular weight is 280 g/mol. The number of fused-ring (bicyclic) bond motifs is 1. The molecule has 0 fully saturated rings. The highest BCUT2D eigenvalue weighted by Crippen LogP contribution is 2.35. The standard InChI is InChI=1S/C13H10ClNO2S/c14-12-9(5-7-17-12)13(16)15-6-8-18-11-4-2-1-3-10(11)15/h1-5,7H,6,8H2. The minimum Gasteiger partial charge on any atom is -0.452 e. The van der Waals surface area contributed by atoms with Gasteiger partial charge in [0.05, 0.1) is 17.5 Å². The van der Waals surface area contributed by atoms with Crippen molar-refractivity contribution in [3.05, 3.63) is 47.4 Å². The summed E-state index contributed by atoms with van der Waals surface area (Å²) < 4.78 is 4.98. The number of halogens is 1. The summed E-state index contributed by atoms with van der Waals surface area (Å²) in [5.41, 5.74) is 1.36. The minimum atomic E-state index is -0.110. The van der Waals surface area contributed by atoms with Crippen molar-refractivity contribution in [1.29, 1.82) is 0 Å². The fourth-order valence-corrected chi connectivity index (χ4v) is 3.16. The molecule has 1 aliphatic rings. The van der Waals surface area contributed by atoms with Gasteiger partial charge in [0.2, 0.25) is 5.22 Å². The van der Waals surface area contributed by atoms with Crippen molar-refractivity contribution in [3.63, 3.8) is 0 Å². The number of carbonyl (C=O) groups excluding carboxylic acids is 1. The number of carbonyl (C=O) groups is 1. The highest BCUT2D eigenvalue weighted by molar-refractivity contribution is 7.99. The number of benzene rings is 1. The first-order valence-corrected chi connectivity index (χ1v) is 6.90.